The van der Waals surface area contributed by atoms with Gasteiger partial charge < -0.3 is 21.3 Å². The summed E-state index contributed by atoms with van der Waals surface area (Å²) >= 11 is 0. The Morgan fingerprint density at radius 3 is 1.21 bits per heavy atom. The summed E-state index contributed by atoms with van der Waals surface area (Å²) in [6.45, 7) is 0. The highest BCUT2D eigenvalue weighted by Crippen LogP contribution is 2.51. The quantitative estimate of drug-likeness (QED) is 0.464. The van der Waals surface area contributed by atoms with Crippen molar-refractivity contribution in [1.29, 1.82) is 0 Å². The van der Waals surface area contributed by atoms with E-state index in [1.54, 1.807) is 0 Å². The molecular weight excluding hydrogens is 368 g/mol. The van der Waals surface area contributed by atoms with E-state index < -0.39 is 37.0 Å². The third-order valence-corrected chi connectivity index (χ3v) is 6.40. The second kappa shape index (κ2) is 4.24. The summed E-state index contributed by atoms with van der Waals surface area (Å²) in [6, 6.07) is 5.84. The summed E-state index contributed by atoms with van der Waals surface area (Å²) in [5.41, 5.74) is 1.45. The van der Waals surface area contributed by atoms with Crippen molar-refractivity contribution in [2.45, 2.75) is 37.0 Å². The van der Waals surface area contributed by atoms with Gasteiger partial charge in [0.1, 0.15) is 24.7 Å². The summed E-state index contributed by atoms with van der Waals surface area (Å²) in [5, 5.41) is 11.1. The van der Waals surface area contributed by atoms with E-state index in [0.717, 1.165) is 11.1 Å². The maximum absolute atomic E-state index is 12.9. The van der Waals surface area contributed by atoms with Crippen LogP contribution in [0.3, 0.4) is 0 Å². The summed E-state index contributed by atoms with van der Waals surface area (Å²) < 4.78 is 0. The number of hydrogen-bond acceptors (Lipinski definition) is 4. The van der Waals surface area contributed by atoms with Crippen LogP contribution in [-0.2, 0) is 0 Å². The zero-order valence-electron chi connectivity index (χ0n) is 14.2. The predicted octanol–water partition coefficient (Wildman–Crippen LogP) is -0.884. The van der Waals surface area contributed by atoms with Crippen LogP contribution in [0.4, 0.5) is 19.2 Å². The molecule has 4 N–H and O–H groups in total. The molecule has 0 atom stereocenters. The number of nitrogens with one attached hydrogen (secondary N) is 4. The molecule has 0 aromatic heterocycles. The van der Waals surface area contributed by atoms with E-state index in [2.05, 4.69) is 21.3 Å². The van der Waals surface area contributed by atoms with Crippen LogP contribution < -0.4 is 21.3 Å². The topological polar surface area (TPSA) is 129 Å². The minimum absolute atomic E-state index is 0.373. The molecule has 28 heavy (non-hydrogen) atoms. The van der Waals surface area contributed by atoms with E-state index in [-0.39, 0.29) is 24.1 Å². The van der Waals surface area contributed by atoms with E-state index >= 15 is 0 Å². The molecule has 2 bridgehead atoms. The van der Waals surface area contributed by atoms with E-state index in [0.29, 0.717) is 0 Å². The van der Waals surface area contributed by atoms with Gasteiger partial charge in [-0.25, -0.2) is 19.2 Å². The van der Waals surface area contributed by atoms with E-state index in [9.17, 15) is 19.2 Å². The maximum atomic E-state index is 12.9. The minimum Gasteiger partial charge on any atom is -0.314 e. The Hall–Kier alpha value is -3.70. The van der Waals surface area contributed by atoms with E-state index in [4.69, 9.17) is 0 Å². The lowest BCUT2D eigenvalue weighted by molar-refractivity contribution is -0.0633. The largest absolute Gasteiger partial charge is 0.322 e. The second-order valence-electron chi connectivity index (χ2n) is 7.59. The summed E-state index contributed by atoms with van der Waals surface area (Å²) in [6.07, 6.45) is -4.07. The summed E-state index contributed by atoms with van der Waals surface area (Å²) in [5.74, 6) is 0. The lowest BCUT2D eigenvalue weighted by atomic mass is 10.0. The molecule has 0 saturated carbocycles. The Morgan fingerprint density at radius 2 is 0.893 bits per heavy atom. The number of rotatable bonds is 0. The SMILES string of the molecule is O=C1NC2NC(=O)N3C4c5ccccc5C(N1C23)N1C(=O)NC2NC(=O)N4C21. The van der Waals surface area contributed by atoms with Crippen LogP contribution in [0.15, 0.2) is 24.3 Å². The Balaban J connectivity index is 1.58. The minimum atomic E-state index is -0.751. The number of amides is 8. The number of fused-ring (bicyclic) bond motifs is 4. The highest BCUT2D eigenvalue weighted by Gasteiger charge is 2.68. The molecule has 0 unspecified atom stereocenters. The molecule has 0 radical (unpaired) electrons. The first-order chi connectivity index (χ1) is 13.6. The lowest BCUT2D eigenvalue weighted by Gasteiger charge is -2.45. The Bertz CT molecular complexity index is 883. The highest BCUT2D eigenvalue weighted by atomic mass is 16.2. The fourth-order valence-corrected chi connectivity index (χ4v) is 5.46. The van der Waals surface area contributed by atoms with Gasteiger partial charge in [-0.15, -0.1) is 0 Å². The molecule has 6 aliphatic heterocycles. The van der Waals surface area contributed by atoms with Gasteiger partial charge in [0.2, 0.25) is 0 Å². The number of carbonyl (C=O) groups excluding carboxylic acids is 4. The predicted molar refractivity (Wildman–Crippen MR) is 88.6 cm³/mol. The normalized spacial score (nSPS) is 38.4. The average Bonchev–Trinajstić information content (AvgIpc) is 3.25. The fraction of sp³-hybridized carbons (Fsp3) is 0.375. The van der Waals surface area contributed by atoms with Gasteiger partial charge in [0, 0.05) is 11.1 Å². The maximum Gasteiger partial charge on any atom is 0.322 e. The van der Waals surface area contributed by atoms with Crippen molar-refractivity contribution in [1.82, 2.24) is 40.9 Å². The molecule has 7 rings (SSSR count). The van der Waals surface area contributed by atoms with Crippen LogP contribution in [0, 0.1) is 0 Å². The van der Waals surface area contributed by atoms with Gasteiger partial charge in [0.25, 0.3) is 0 Å². The monoisotopic (exact) mass is 382 g/mol. The average molecular weight is 382 g/mol. The van der Waals surface area contributed by atoms with Crippen molar-refractivity contribution in [2.24, 2.45) is 0 Å². The number of carbonyl (C=O) groups is 4. The van der Waals surface area contributed by atoms with Crippen LogP contribution in [0.25, 0.3) is 0 Å². The molecule has 1 aromatic rings. The third kappa shape index (κ3) is 1.33. The van der Waals surface area contributed by atoms with E-state index in [1.807, 2.05) is 24.3 Å². The standard InChI is InChI=1S/C16H14N8O4/c25-13-17-7-11-21(13)9-5-3-1-2-4-6(5)10(23(11)15(27)19-7)24-12-8(20-16(24)28)18-14(26)22(9)12/h1-4,7-12H,(H,17,25)(H,18,26)(H,19,27)(H,20,28). The molecule has 142 valence electrons. The van der Waals surface area contributed by atoms with Crippen LogP contribution in [-0.4, -0.2) is 68.4 Å². The number of hydrogen-bond donors (Lipinski definition) is 4. The van der Waals surface area contributed by atoms with Crippen molar-refractivity contribution >= 4 is 24.1 Å². The Labute approximate surface area is 157 Å². The first-order valence-electron chi connectivity index (χ1n) is 9.00. The zero-order chi connectivity index (χ0) is 18.9. The van der Waals surface area contributed by atoms with Crippen LogP contribution in [0.1, 0.15) is 23.5 Å². The van der Waals surface area contributed by atoms with Gasteiger partial charge in [-0.05, 0) is 0 Å². The van der Waals surface area contributed by atoms with Gasteiger partial charge in [-0.3, -0.25) is 19.6 Å². The van der Waals surface area contributed by atoms with Crippen molar-refractivity contribution in [3.63, 3.8) is 0 Å². The molecule has 6 aliphatic rings. The van der Waals surface area contributed by atoms with Gasteiger partial charge >= 0.3 is 24.1 Å². The van der Waals surface area contributed by atoms with Crippen molar-refractivity contribution < 1.29 is 19.2 Å². The molecule has 4 saturated heterocycles. The second-order valence-corrected chi connectivity index (χ2v) is 7.59. The first kappa shape index (κ1) is 14.4. The van der Waals surface area contributed by atoms with Crippen molar-refractivity contribution in [3.05, 3.63) is 35.4 Å². The first-order valence-corrected chi connectivity index (χ1v) is 9.00. The summed E-state index contributed by atoms with van der Waals surface area (Å²) in [7, 11) is 0. The van der Waals surface area contributed by atoms with Crippen molar-refractivity contribution in [3.8, 4) is 0 Å². The molecular formula is C16H14N8O4. The smallest absolute Gasteiger partial charge is 0.314 e. The molecule has 6 heterocycles. The molecule has 8 amide bonds. The summed E-state index contributed by atoms with van der Waals surface area (Å²) in [4.78, 5) is 57.7. The fourth-order valence-electron chi connectivity index (χ4n) is 5.46. The lowest BCUT2D eigenvalue weighted by Crippen LogP contribution is -2.61. The van der Waals surface area contributed by atoms with Gasteiger partial charge in [-0.1, -0.05) is 24.3 Å². The van der Waals surface area contributed by atoms with Crippen LogP contribution >= 0.6 is 0 Å². The highest BCUT2D eigenvalue weighted by molar-refractivity contribution is 5.90. The number of urea groups is 4. The van der Waals surface area contributed by atoms with Crippen LogP contribution in [0.2, 0.25) is 0 Å². The molecule has 12 heteroatoms. The molecule has 0 spiro atoms. The molecule has 1 aromatic carbocycles. The van der Waals surface area contributed by atoms with Gasteiger partial charge in [-0.2, -0.15) is 0 Å². The molecule has 0 aliphatic carbocycles. The molecule has 12 nitrogen and oxygen atoms in total. The number of benzene rings is 1. The van der Waals surface area contributed by atoms with E-state index in [1.165, 1.54) is 19.6 Å². The number of nitrogens with zero attached hydrogens (tertiary/aromatic N) is 4. The van der Waals surface area contributed by atoms with Gasteiger partial charge in [0.05, 0.1) is 0 Å². The van der Waals surface area contributed by atoms with Gasteiger partial charge in [0.15, 0.2) is 12.3 Å². The third-order valence-electron chi connectivity index (χ3n) is 6.40. The van der Waals surface area contributed by atoms with Crippen molar-refractivity contribution in [2.75, 3.05) is 0 Å². The van der Waals surface area contributed by atoms with Crippen LogP contribution in [0.5, 0.6) is 0 Å². The zero-order valence-corrected chi connectivity index (χ0v) is 14.2. The Kier molecular flexibility index (Phi) is 2.17. The molecule has 4 fully saturated rings. The Morgan fingerprint density at radius 1 is 0.571 bits per heavy atom.